The maximum absolute atomic E-state index is 13.2. The Hall–Kier alpha value is -2.14. The Balaban J connectivity index is 1.73. The van der Waals surface area contributed by atoms with Crippen molar-refractivity contribution in [3.63, 3.8) is 0 Å². The molecule has 2 aromatic rings. The summed E-state index contributed by atoms with van der Waals surface area (Å²) < 4.78 is 5.47. The minimum absolute atomic E-state index is 0.0411. The molecule has 2 fully saturated rings. The minimum Gasteiger partial charge on any atom is -0.496 e. The van der Waals surface area contributed by atoms with Crippen molar-refractivity contribution in [1.82, 2.24) is 9.88 Å². The van der Waals surface area contributed by atoms with Crippen molar-refractivity contribution in [1.29, 1.82) is 0 Å². The maximum atomic E-state index is 13.2. The molecule has 0 aliphatic carbocycles. The zero-order valence-electron chi connectivity index (χ0n) is 13.8. The van der Waals surface area contributed by atoms with E-state index in [0.717, 1.165) is 30.2 Å². The van der Waals surface area contributed by atoms with Crippen LogP contribution in [0, 0.1) is 0 Å². The molecule has 1 aromatic heterocycles. The molecule has 0 spiro atoms. The van der Waals surface area contributed by atoms with Crippen LogP contribution in [-0.4, -0.2) is 46.2 Å². The van der Waals surface area contributed by atoms with Crippen molar-refractivity contribution >= 4 is 16.8 Å². The molecular formula is C19H22N2O3. The number of para-hydroxylation sites is 1. The molecule has 1 unspecified atom stereocenters. The van der Waals surface area contributed by atoms with Crippen LogP contribution in [0.2, 0.25) is 0 Å². The quantitative estimate of drug-likeness (QED) is 0.922. The normalized spacial score (nSPS) is 26.4. The van der Waals surface area contributed by atoms with Gasteiger partial charge in [0, 0.05) is 23.5 Å². The minimum atomic E-state index is -0.288. The first-order chi connectivity index (χ1) is 11.7. The molecule has 4 rings (SSSR count). The number of carbonyl (C=O) groups excluding carboxylic acids is 1. The predicted octanol–water partition coefficient (Wildman–Crippen LogP) is 2.76. The Kier molecular flexibility index (Phi) is 3.88. The Morgan fingerprint density at radius 2 is 1.96 bits per heavy atom. The van der Waals surface area contributed by atoms with Crippen molar-refractivity contribution in [2.24, 2.45) is 0 Å². The summed E-state index contributed by atoms with van der Waals surface area (Å²) in [4.78, 5) is 19.7. The lowest BCUT2D eigenvalue weighted by Crippen LogP contribution is -2.56. The van der Waals surface area contributed by atoms with Crippen molar-refractivity contribution in [3.8, 4) is 5.75 Å². The van der Waals surface area contributed by atoms with Crippen LogP contribution in [0.1, 0.15) is 42.6 Å². The molecule has 0 saturated carbocycles. The van der Waals surface area contributed by atoms with Crippen LogP contribution < -0.4 is 4.74 Å². The van der Waals surface area contributed by atoms with Crippen molar-refractivity contribution < 1.29 is 14.6 Å². The third kappa shape index (κ3) is 2.53. The number of hydrogen-bond acceptors (Lipinski definition) is 4. The number of aromatic nitrogens is 1. The molecule has 3 atom stereocenters. The molecule has 5 nitrogen and oxygen atoms in total. The number of piperidine rings is 2. The summed E-state index contributed by atoms with van der Waals surface area (Å²) in [5, 5.41) is 10.9. The lowest BCUT2D eigenvalue weighted by molar-refractivity contribution is -0.0154. The molecule has 2 bridgehead atoms. The number of nitrogens with zero attached hydrogens (tertiary/aromatic N) is 2. The summed E-state index contributed by atoms with van der Waals surface area (Å²) >= 11 is 0. The number of aliphatic hydroxyl groups excluding tert-OH is 1. The van der Waals surface area contributed by atoms with E-state index in [9.17, 15) is 9.90 Å². The molecule has 3 heterocycles. The monoisotopic (exact) mass is 326 g/mol. The number of pyridine rings is 1. The zero-order chi connectivity index (χ0) is 16.7. The first-order valence-corrected chi connectivity index (χ1v) is 8.62. The van der Waals surface area contributed by atoms with Gasteiger partial charge in [-0.15, -0.1) is 0 Å². The van der Waals surface area contributed by atoms with Gasteiger partial charge in [0.2, 0.25) is 0 Å². The van der Waals surface area contributed by atoms with Crippen LogP contribution >= 0.6 is 0 Å². The molecule has 24 heavy (non-hydrogen) atoms. The largest absolute Gasteiger partial charge is 0.496 e. The number of benzene rings is 1. The van der Waals surface area contributed by atoms with Gasteiger partial charge in [-0.2, -0.15) is 0 Å². The Morgan fingerprint density at radius 1 is 1.25 bits per heavy atom. The highest BCUT2D eigenvalue weighted by atomic mass is 16.5. The van der Waals surface area contributed by atoms with E-state index in [0.29, 0.717) is 24.3 Å². The predicted molar refractivity (Wildman–Crippen MR) is 91.1 cm³/mol. The van der Waals surface area contributed by atoms with Crippen LogP contribution in [0.5, 0.6) is 5.75 Å². The summed E-state index contributed by atoms with van der Waals surface area (Å²) in [5.74, 6) is 0.631. The Bertz CT molecular complexity index is 762. The molecular weight excluding hydrogens is 304 g/mol. The topological polar surface area (TPSA) is 62.7 Å². The number of rotatable bonds is 2. The van der Waals surface area contributed by atoms with Crippen molar-refractivity contribution in [2.45, 2.75) is 50.3 Å². The van der Waals surface area contributed by atoms with Gasteiger partial charge in [0.25, 0.3) is 5.91 Å². The van der Waals surface area contributed by atoms with Gasteiger partial charge in [-0.1, -0.05) is 12.1 Å². The summed E-state index contributed by atoms with van der Waals surface area (Å²) in [7, 11) is 1.61. The van der Waals surface area contributed by atoms with Gasteiger partial charge in [-0.05, 0) is 44.2 Å². The van der Waals surface area contributed by atoms with Gasteiger partial charge >= 0.3 is 0 Å². The van der Waals surface area contributed by atoms with E-state index in [1.54, 1.807) is 13.2 Å². The smallest absolute Gasteiger partial charge is 0.273 e. The number of hydrogen-bond donors (Lipinski definition) is 1. The summed E-state index contributed by atoms with van der Waals surface area (Å²) in [6.45, 7) is 0. The fourth-order valence-corrected chi connectivity index (χ4v) is 4.24. The number of methoxy groups -OCH3 is 1. The molecule has 5 heteroatoms. The molecule has 1 amide bonds. The summed E-state index contributed by atoms with van der Waals surface area (Å²) in [6.07, 6.45) is 4.11. The molecule has 1 aromatic carbocycles. The first-order valence-electron chi connectivity index (χ1n) is 8.62. The van der Waals surface area contributed by atoms with Crippen LogP contribution in [0.4, 0.5) is 0 Å². The van der Waals surface area contributed by atoms with E-state index in [4.69, 9.17) is 4.74 Å². The molecule has 1 N–H and O–H groups in total. The molecule has 0 radical (unpaired) electrons. The lowest BCUT2D eigenvalue weighted by atomic mass is 9.82. The van der Waals surface area contributed by atoms with Gasteiger partial charge in [0.1, 0.15) is 11.4 Å². The second-order valence-electron chi connectivity index (χ2n) is 6.80. The maximum Gasteiger partial charge on any atom is 0.273 e. The third-order valence-corrected chi connectivity index (χ3v) is 5.30. The molecule has 126 valence electrons. The van der Waals surface area contributed by atoms with Crippen molar-refractivity contribution in [2.75, 3.05) is 7.11 Å². The second-order valence-corrected chi connectivity index (χ2v) is 6.80. The van der Waals surface area contributed by atoms with Crippen LogP contribution in [-0.2, 0) is 0 Å². The number of amides is 1. The number of carbonyl (C=O) groups is 1. The first kappa shape index (κ1) is 15.4. The molecule has 2 aliphatic heterocycles. The summed E-state index contributed by atoms with van der Waals surface area (Å²) in [5.41, 5.74) is 1.20. The zero-order valence-corrected chi connectivity index (χ0v) is 13.8. The Morgan fingerprint density at radius 3 is 2.67 bits per heavy atom. The highest BCUT2D eigenvalue weighted by Gasteiger charge is 2.41. The van der Waals surface area contributed by atoms with Gasteiger partial charge in [0.15, 0.2) is 0 Å². The van der Waals surface area contributed by atoms with Gasteiger partial charge in [0.05, 0.1) is 18.7 Å². The van der Waals surface area contributed by atoms with E-state index in [1.807, 2.05) is 29.2 Å². The van der Waals surface area contributed by atoms with Crippen LogP contribution in [0.3, 0.4) is 0 Å². The standard InChI is InChI=1S/C19H22N2O3/c1-24-18-11-17(20-16-8-3-2-7-15(16)18)19(23)21-12-5-4-6-13(21)10-14(22)9-12/h2-3,7-8,11-14,22H,4-6,9-10H2,1H3/t12-,13+,14?. The van der Waals surface area contributed by atoms with Gasteiger partial charge < -0.3 is 14.7 Å². The fourth-order valence-electron chi connectivity index (χ4n) is 4.24. The fraction of sp³-hybridized carbons (Fsp3) is 0.474. The number of fused-ring (bicyclic) bond motifs is 3. The van der Waals surface area contributed by atoms with Crippen molar-refractivity contribution in [3.05, 3.63) is 36.0 Å². The summed E-state index contributed by atoms with van der Waals surface area (Å²) in [6, 6.07) is 9.68. The average molecular weight is 326 g/mol. The molecule has 2 saturated heterocycles. The highest BCUT2D eigenvalue weighted by Crippen LogP contribution is 2.35. The van der Waals surface area contributed by atoms with E-state index in [2.05, 4.69) is 4.98 Å². The van der Waals surface area contributed by atoms with Crippen LogP contribution in [0.15, 0.2) is 30.3 Å². The van der Waals surface area contributed by atoms with E-state index in [-0.39, 0.29) is 24.1 Å². The number of ether oxygens (including phenoxy) is 1. The highest BCUT2D eigenvalue weighted by molar-refractivity contribution is 5.97. The molecule has 2 aliphatic rings. The Labute approximate surface area is 141 Å². The van der Waals surface area contributed by atoms with E-state index < -0.39 is 0 Å². The van der Waals surface area contributed by atoms with Gasteiger partial charge in [-0.25, -0.2) is 4.98 Å². The van der Waals surface area contributed by atoms with E-state index >= 15 is 0 Å². The lowest BCUT2D eigenvalue weighted by Gasteiger charge is -2.47. The van der Waals surface area contributed by atoms with Crippen LogP contribution in [0.25, 0.3) is 10.9 Å². The third-order valence-electron chi connectivity index (χ3n) is 5.30. The number of aliphatic hydroxyl groups is 1. The second kappa shape index (κ2) is 6.06. The van der Waals surface area contributed by atoms with E-state index in [1.165, 1.54) is 0 Å². The average Bonchev–Trinajstić information content (AvgIpc) is 2.59. The SMILES string of the molecule is COc1cc(C(=O)N2[C@@H]3CCC[C@H]2CC(O)C3)nc2ccccc12. The van der Waals surface area contributed by atoms with Gasteiger partial charge in [-0.3, -0.25) is 4.79 Å².